The first-order valence-corrected chi connectivity index (χ1v) is 9.68. The van der Waals surface area contributed by atoms with E-state index in [2.05, 4.69) is 0 Å². The molecule has 1 heterocycles. The lowest BCUT2D eigenvalue weighted by atomic mass is 10.2. The van der Waals surface area contributed by atoms with Crippen molar-refractivity contribution >= 4 is 23.4 Å². The van der Waals surface area contributed by atoms with Crippen molar-refractivity contribution in [2.24, 2.45) is 0 Å². The maximum absolute atomic E-state index is 10.6. The topological polar surface area (TPSA) is 56.5 Å². The lowest BCUT2D eigenvalue weighted by Crippen LogP contribution is -2.25. The van der Waals surface area contributed by atoms with Crippen molar-refractivity contribution in [2.45, 2.75) is 26.2 Å². The molecule has 0 saturated carbocycles. The van der Waals surface area contributed by atoms with E-state index < -0.39 is 6.10 Å². The number of aliphatic hydroxyl groups is 1. The van der Waals surface area contributed by atoms with Crippen LogP contribution >= 0.6 is 12.4 Å². The van der Waals surface area contributed by atoms with Gasteiger partial charge in [-0.15, -0.1) is 12.4 Å². The van der Waals surface area contributed by atoms with Crippen LogP contribution in [0.2, 0.25) is 0 Å². The second-order valence-electron chi connectivity index (χ2n) is 7.01. The normalized spacial score (nSPS) is 11.7. The highest BCUT2D eigenvalue weighted by Gasteiger charge is 2.15. The third-order valence-electron chi connectivity index (χ3n) is 4.67. The van der Waals surface area contributed by atoms with Crippen LogP contribution in [0, 0.1) is 6.92 Å². The van der Waals surface area contributed by atoms with Crippen LogP contribution in [0.5, 0.6) is 11.5 Å². The second-order valence-corrected chi connectivity index (χ2v) is 7.01. The van der Waals surface area contributed by atoms with Crippen LogP contribution in [0.3, 0.4) is 0 Å². The number of para-hydroxylation sites is 3. The Morgan fingerprint density at radius 3 is 2.43 bits per heavy atom. The van der Waals surface area contributed by atoms with Gasteiger partial charge in [0.25, 0.3) is 0 Å². The Balaban J connectivity index is 0.00000256. The fourth-order valence-corrected chi connectivity index (χ4v) is 3.26. The minimum Gasteiger partial charge on any atom is -0.491 e. The summed E-state index contributed by atoms with van der Waals surface area (Å²) in [6.45, 7) is 2.92. The van der Waals surface area contributed by atoms with Gasteiger partial charge in [0.15, 0.2) is 0 Å². The molecule has 4 rings (SSSR count). The van der Waals surface area contributed by atoms with Gasteiger partial charge in [0, 0.05) is 0 Å². The summed E-state index contributed by atoms with van der Waals surface area (Å²) in [5, 5.41) is 10.6. The van der Waals surface area contributed by atoms with Crippen molar-refractivity contribution in [2.75, 3.05) is 6.61 Å². The second kappa shape index (κ2) is 10.1. The van der Waals surface area contributed by atoms with Crippen molar-refractivity contribution in [3.8, 4) is 11.5 Å². The first-order valence-electron chi connectivity index (χ1n) is 9.68. The number of halogens is 1. The zero-order valence-corrected chi connectivity index (χ0v) is 17.6. The fraction of sp³-hybridized carbons (Fsp3) is 0.208. The lowest BCUT2D eigenvalue weighted by molar-refractivity contribution is 0.0917. The van der Waals surface area contributed by atoms with Crippen LogP contribution in [-0.2, 0) is 13.2 Å². The molecule has 0 fully saturated rings. The number of aromatic nitrogens is 2. The number of fused-ring (bicyclic) bond motifs is 1. The summed E-state index contributed by atoms with van der Waals surface area (Å²) >= 11 is 0. The van der Waals surface area contributed by atoms with Gasteiger partial charge >= 0.3 is 0 Å². The molecule has 0 spiro atoms. The lowest BCUT2D eigenvalue weighted by Gasteiger charge is -2.16. The summed E-state index contributed by atoms with van der Waals surface area (Å²) in [4.78, 5) is 4.70. The van der Waals surface area contributed by atoms with Gasteiger partial charge in [-0.25, -0.2) is 4.98 Å². The maximum Gasteiger partial charge on any atom is 0.148 e. The number of rotatable bonds is 8. The predicted octanol–water partition coefficient (Wildman–Crippen LogP) is 4.79. The molecule has 0 bridgehead atoms. The molecule has 0 aliphatic rings. The van der Waals surface area contributed by atoms with E-state index in [9.17, 15) is 5.11 Å². The van der Waals surface area contributed by atoms with Gasteiger partial charge in [0.2, 0.25) is 0 Å². The number of aliphatic hydroxyl groups excluding tert-OH is 1. The maximum atomic E-state index is 10.6. The number of ether oxygens (including phenoxy) is 2. The summed E-state index contributed by atoms with van der Waals surface area (Å²) in [5.41, 5.74) is 2.97. The van der Waals surface area contributed by atoms with E-state index in [0.717, 1.165) is 33.9 Å². The molecule has 156 valence electrons. The molecule has 0 amide bonds. The largest absolute Gasteiger partial charge is 0.491 e. The molecule has 6 heteroatoms. The minimum atomic E-state index is -0.677. The number of hydrogen-bond donors (Lipinski definition) is 1. The van der Waals surface area contributed by atoms with Gasteiger partial charge in [-0.3, -0.25) is 0 Å². The summed E-state index contributed by atoms with van der Waals surface area (Å²) in [6.07, 6.45) is -0.677. The average Bonchev–Trinajstić information content (AvgIpc) is 3.09. The number of nitrogens with zero attached hydrogens (tertiary/aromatic N) is 2. The Hall–Kier alpha value is -3.02. The number of hydrogen-bond acceptors (Lipinski definition) is 4. The molecule has 1 N–H and O–H groups in total. The Morgan fingerprint density at radius 2 is 1.63 bits per heavy atom. The van der Waals surface area contributed by atoms with Gasteiger partial charge in [-0.2, -0.15) is 0 Å². The summed E-state index contributed by atoms with van der Waals surface area (Å²) in [5.74, 6) is 2.31. The smallest absolute Gasteiger partial charge is 0.148 e. The molecule has 4 aromatic rings. The third-order valence-corrected chi connectivity index (χ3v) is 4.67. The van der Waals surface area contributed by atoms with Crippen LogP contribution in [0.1, 0.15) is 11.4 Å². The average molecular weight is 425 g/mol. The van der Waals surface area contributed by atoms with E-state index in [1.54, 1.807) is 0 Å². The first-order chi connectivity index (χ1) is 14.2. The molecule has 0 aliphatic carbocycles. The third kappa shape index (κ3) is 5.32. The molecule has 30 heavy (non-hydrogen) atoms. The van der Waals surface area contributed by atoms with E-state index in [1.165, 1.54) is 0 Å². The number of imidazole rings is 1. The fourth-order valence-electron chi connectivity index (χ4n) is 3.26. The highest BCUT2D eigenvalue weighted by atomic mass is 35.5. The Morgan fingerprint density at radius 1 is 0.900 bits per heavy atom. The Kier molecular flexibility index (Phi) is 7.33. The van der Waals surface area contributed by atoms with Gasteiger partial charge in [-0.05, 0) is 48.9 Å². The molecule has 0 aliphatic heterocycles. The van der Waals surface area contributed by atoms with Crippen LogP contribution in [-0.4, -0.2) is 27.4 Å². The van der Waals surface area contributed by atoms with Gasteiger partial charge in [0.05, 0.1) is 17.6 Å². The van der Waals surface area contributed by atoms with Gasteiger partial charge in [-0.1, -0.05) is 42.5 Å². The van der Waals surface area contributed by atoms with Crippen molar-refractivity contribution in [3.63, 3.8) is 0 Å². The van der Waals surface area contributed by atoms with E-state index >= 15 is 0 Å². The SMILES string of the molecule is Cc1cccc(OCC(O)Cn2c(COc3ccccc3)nc3ccccc32)c1.Cl. The summed E-state index contributed by atoms with van der Waals surface area (Å²) < 4.78 is 13.7. The molecule has 1 aromatic heterocycles. The van der Waals surface area contributed by atoms with E-state index in [0.29, 0.717) is 13.2 Å². The number of aryl methyl sites for hydroxylation is 1. The van der Waals surface area contributed by atoms with Crippen molar-refractivity contribution in [1.82, 2.24) is 9.55 Å². The Bertz CT molecular complexity index is 1080. The zero-order valence-electron chi connectivity index (χ0n) is 16.8. The molecule has 0 saturated heterocycles. The van der Waals surface area contributed by atoms with Crippen LogP contribution in [0.15, 0.2) is 78.9 Å². The molecule has 1 atom stereocenters. The van der Waals surface area contributed by atoms with Crippen LogP contribution < -0.4 is 9.47 Å². The summed E-state index contributed by atoms with van der Waals surface area (Å²) in [6, 6.07) is 25.4. The highest BCUT2D eigenvalue weighted by Crippen LogP contribution is 2.19. The predicted molar refractivity (Wildman–Crippen MR) is 120 cm³/mol. The zero-order chi connectivity index (χ0) is 20.1. The highest BCUT2D eigenvalue weighted by molar-refractivity contribution is 5.85. The summed E-state index contributed by atoms with van der Waals surface area (Å²) in [7, 11) is 0. The van der Waals surface area contributed by atoms with Crippen LogP contribution in [0.4, 0.5) is 0 Å². The molecule has 3 aromatic carbocycles. The van der Waals surface area contributed by atoms with Crippen molar-refractivity contribution in [1.29, 1.82) is 0 Å². The Labute approximate surface area is 182 Å². The van der Waals surface area contributed by atoms with Crippen molar-refractivity contribution < 1.29 is 14.6 Å². The van der Waals surface area contributed by atoms with E-state index in [-0.39, 0.29) is 19.0 Å². The molecular formula is C24H25ClN2O3. The monoisotopic (exact) mass is 424 g/mol. The first kappa shape index (κ1) is 21.7. The van der Waals surface area contributed by atoms with E-state index in [4.69, 9.17) is 14.5 Å². The van der Waals surface area contributed by atoms with Gasteiger partial charge < -0.3 is 19.1 Å². The minimum absolute atomic E-state index is 0. The molecule has 5 nitrogen and oxygen atoms in total. The van der Waals surface area contributed by atoms with Gasteiger partial charge in [0.1, 0.15) is 36.6 Å². The molecule has 1 unspecified atom stereocenters. The van der Waals surface area contributed by atoms with Crippen molar-refractivity contribution in [3.05, 3.63) is 90.3 Å². The quantitative estimate of drug-likeness (QED) is 0.442. The molecule has 0 radical (unpaired) electrons. The van der Waals surface area contributed by atoms with E-state index in [1.807, 2.05) is 90.4 Å². The standard InChI is InChI=1S/C24H24N2O3.ClH/c1-18-8-7-11-21(14-18)28-16-19(27)15-26-23-13-6-5-12-22(23)25-24(26)17-29-20-9-3-2-4-10-20;/h2-14,19,27H,15-17H2,1H3;1H. The molecular weight excluding hydrogens is 400 g/mol. The van der Waals surface area contributed by atoms with Crippen LogP contribution in [0.25, 0.3) is 11.0 Å². The number of benzene rings is 3.